The predicted molar refractivity (Wildman–Crippen MR) is 88.7 cm³/mol. The first-order valence-electron chi connectivity index (χ1n) is 7.21. The normalized spacial score (nSPS) is 10.5. The summed E-state index contributed by atoms with van der Waals surface area (Å²) in [6.45, 7) is 2.98. The molecule has 6 heteroatoms. The Labute approximate surface area is 137 Å². The van der Waals surface area contributed by atoms with E-state index in [-0.39, 0.29) is 17.2 Å². The van der Waals surface area contributed by atoms with E-state index in [1.165, 1.54) is 16.8 Å². The zero-order valence-electron chi connectivity index (χ0n) is 12.4. The van der Waals surface area contributed by atoms with Crippen molar-refractivity contribution < 1.29 is 4.79 Å². The SMILES string of the molecule is CCCCn1nc(C(=O)NCc2cccc(Br)c2)ccc1=O. The number of hydrogen-bond acceptors (Lipinski definition) is 3. The molecule has 0 aliphatic rings. The molecule has 1 amide bonds. The van der Waals surface area contributed by atoms with Gasteiger partial charge in [0.1, 0.15) is 5.69 Å². The zero-order valence-corrected chi connectivity index (χ0v) is 14.0. The molecule has 0 saturated heterocycles. The van der Waals surface area contributed by atoms with Crippen LogP contribution >= 0.6 is 15.9 Å². The van der Waals surface area contributed by atoms with Crippen molar-refractivity contribution in [2.45, 2.75) is 32.9 Å². The van der Waals surface area contributed by atoms with Gasteiger partial charge in [-0.1, -0.05) is 41.4 Å². The van der Waals surface area contributed by atoms with Gasteiger partial charge in [-0.3, -0.25) is 9.59 Å². The number of nitrogens with zero attached hydrogens (tertiary/aromatic N) is 2. The highest BCUT2D eigenvalue weighted by Gasteiger charge is 2.09. The van der Waals surface area contributed by atoms with Crippen LogP contribution < -0.4 is 10.9 Å². The van der Waals surface area contributed by atoms with Gasteiger partial charge in [0.15, 0.2) is 0 Å². The summed E-state index contributed by atoms with van der Waals surface area (Å²) in [5.74, 6) is -0.287. The van der Waals surface area contributed by atoms with E-state index >= 15 is 0 Å². The molecule has 0 saturated carbocycles. The van der Waals surface area contributed by atoms with Crippen LogP contribution in [0.25, 0.3) is 0 Å². The molecule has 1 heterocycles. The van der Waals surface area contributed by atoms with E-state index in [0.29, 0.717) is 13.1 Å². The quantitative estimate of drug-likeness (QED) is 0.857. The fourth-order valence-electron chi connectivity index (χ4n) is 1.96. The molecule has 1 N–H and O–H groups in total. The molecule has 0 unspecified atom stereocenters. The maximum atomic E-state index is 12.1. The van der Waals surface area contributed by atoms with Crippen molar-refractivity contribution in [1.29, 1.82) is 0 Å². The molecule has 2 rings (SSSR count). The van der Waals surface area contributed by atoms with Crippen LogP contribution in [0.15, 0.2) is 45.7 Å². The van der Waals surface area contributed by atoms with Gasteiger partial charge >= 0.3 is 0 Å². The number of benzene rings is 1. The summed E-state index contributed by atoms with van der Waals surface area (Å²) in [6.07, 6.45) is 1.82. The minimum atomic E-state index is -0.287. The topological polar surface area (TPSA) is 64.0 Å². The lowest BCUT2D eigenvalue weighted by molar-refractivity contribution is 0.0943. The summed E-state index contributed by atoms with van der Waals surface area (Å²) >= 11 is 3.39. The Morgan fingerprint density at radius 1 is 1.32 bits per heavy atom. The molecule has 0 aliphatic heterocycles. The van der Waals surface area contributed by atoms with Crippen molar-refractivity contribution in [3.05, 3.63) is 62.5 Å². The molecular formula is C16H18BrN3O2. The van der Waals surface area contributed by atoms with Gasteiger partial charge in [-0.25, -0.2) is 4.68 Å². The smallest absolute Gasteiger partial charge is 0.271 e. The second kappa shape index (κ2) is 7.89. The van der Waals surface area contributed by atoms with E-state index in [9.17, 15) is 9.59 Å². The lowest BCUT2D eigenvalue weighted by atomic mass is 10.2. The van der Waals surface area contributed by atoms with Crippen molar-refractivity contribution >= 4 is 21.8 Å². The molecular weight excluding hydrogens is 346 g/mol. The molecule has 0 aliphatic carbocycles. The zero-order chi connectivity index (χ0) is 15.9. The van der Waals surface area contributed by atoms with Crippen LogP contribution in [0.4, 0.5) is 0 Å². The maximum absolute atomic E-state index is 12.1. The molecule has 1 aromatic heterocycles. The minimum absolute atomic E-state index is 0.183. The maximum Gasteiger partial charge on any atom is 0.271 e. The average molecular weight is 364 g/mol. The Kier molecular flexibility index (Phi) is 5.89. The third kappa shape index (κ3) is 4.53. The largest absolute Gasteiger partial charge is 0.347 e. The van der Waals surface area contributed by atoms with Crippen LogP contribution in [0.3, 0.4) is 0 Å². The third-order valence-electron chi connectivity index (χ3n) is 3.16. The van der Waals surface area contributed by atoms with Gasteiger partial charge < -0.3 is 5.32 Å². The number of rotatable bonds is 6. The summed E-state index contributed by atoms with van der Waals surface area (Å²) in [6, 6.07) is 10.6. The average Bonchev–Trinajstić information content (AvgIpc) is 2.52. The molecule has 0 spiro atoms. The first kappa shape index (κ1) is 16.4. The highest BCUT2D eigenvalue weighted by atomic mass is 79.9. The first-order chi connectivity index (χ1) is 10.6. The summed E-state index contributed by atoms with van der Waals surface area (Å²) in [7, 11) is 0. The van der Waals surface area contributed by atoms with Gasteiger partial charge in [-0.2, -0.15) is 5.10 Å². The first-order valence-corrected chi connectivity index (χ1v) is 8.00. The van der Waals surface area contributed by atoms with E-state index in [0.717, 1.165) is 22.9 Å². The molecule has 5 nitrogen and oxygen atoms in total. The molecule has 0 radical (unpaired) electrons. The van der Waals surface area contributed by atoms with E-state index in [1.54, 1.807) is 0 Å². The van der Waals surface area contributed by atoms with Crippen LogP contribution in [0, 0.1) is 0 Å². The Hall–Kier alpha value is -1.95. The number of amides is 1. The van der Waals surface area contributed by atoms with Crippen LogP contribution in [0.1, 0.15) is 35.8 Å². The van der Waals surface area contributed by atoms with Crippen molar-refractivity contribution in [3.8, 4) is 0 Å². The number of unbranched alkanes of at least 4 members (excludes halogenated alkanes) is 1. The van der Waals surface area contributed by atoms with Gasteiger partial charge in [0.2, 0.25) is 0 Å². The van der Waals surface area contributed by atoms with Crippen molar-refractivity contribution in [3.63, 3.8) is 0 Å². The number of aryl methyl sites for hydroxylation is 1. The molecule has 2 aromatic rings. The number of halogens is 1. The van der Waals surface area contributed by atoms with Gasteiger partial charge in [-0.15, -0.1) is 0 Å². The fraction of sp³-hybridized carbons (Fsp3) is 0.312. The Balaban J connectivity index is 2.04. The summed E-state index contributed by atoms with van der Waals surface area (Å²) in [5, 5.41) is 6.93. The van der Waals surface area contributed by atoms with Gasteiger partial charge in [0.25, 0.3) is 11.5 Å². The Morgan fingerprint density at radius 2 is 2.14 bits per heavy atom. The van der Waals surface area contributed by atoms with Gasteiger partial charge in [0, 0.05) is 23.6 Å². The number of aromatic nitrogens is 2. The predicted octanol–water partition coefficient (Wildman–Crippen LogP) is 2.74. The monoisotopic (exact) mass is 363 g/mol. The van der Waals surface area contributed by atoms with Crippen molar-refractivity contribution in [1.82, 2.24) is 15.1 Å². The van der Waals surface area contributed by atoms with Crippen LogP contribution in [-0.2, 0) is 13.1 Å². The van der Waals surface area contributed by atoms with Gasteiger partial charge in [-0.05, 0) is 30.2 Å². The minimum Gasteiger partial charge on any atom is -0.347 e. The molecule has 0 fully saturated rings. The van der Waals surface area contributed by atoms with Crippen molar-refractivity contribution in [2.75, 3.05) is 0 Å². The van der Waals surface area contributed by atoms with Crippen molar-refractivity contribution in [2.24, 2.45) is 0 Å². The highest BCUT2D eigenvalue weighted by molar-refractivity contribution is 9.10. The van der Waals surface area contributed by atoms with Crippen LogP contribution in [-0.4, -0.2) is 15.7 Å². The Morgan fingerprint density at radius 3 is 2.86 bits per heavy atom. The molecule has 0 bridgehead atoms. The lowest BCUT2D eigenvalue weighted by Crippen LogP contribution is -2.29. The molecule has 1 aromatic carbocycles. The number of carbonyl (C=O) groups is 1. The summed E-state index contributed by atoms with van der Waals surface area (Å²) in [4.78, 5) is 23.8. The third-order valence-corrected chi connectivity index (χ3v) is 3.66. The van der Waals surface area contributed by atoms with Crippen LogP contribution in [0.2, 0.25) is 0 Å². The molecule has 116 valence electrons. The summed E-state index contributed by atoms with van der Waals surface area (Å²) in [5.41, 5.74) is 1.06. The lowest BCUT2D eigenvalue weighted by Gasteiger charge is -2.08. The van der Waals surface area contributed by atoms with E-state index < -0.39 is 0 Å². The molecule has 22 heavy (non-hydrogen) atoms. The highest BCUT2D eigenvalue weighted by Crippen LogP contribution is 2.11. The number of carbonyl (C=O) groups excluding carboxylic acids is 1. The standard InChI is InChI=1S/C16H18BrN3O2/c1-2-3-9-20-15(21)8-7-14(19-20)16(22)18-11-12-5-4-6-13(17)10-12/h4-8,10H,2-3,9,11H2,1H3,(H,18,22). The van der Waals surface area contributed by atoms with E-state index in [1.807, 2.05) is 31.2 Å². The number of hydrogen-bond donors (Lipinski definition) is 1. The Bertz CT molecular complexity index is 713. The van der Waals surface area contributed by atoms with E-state index in [2.05, 4.69) is 26.3 Å². The van der Waals surface area contributed by atoms with E-state index in [4.69, 9.17) is 0 Å². The second-order valence-corrected chi connectivity index (χ2v) is 5.86. The van der Waals surface area contributed by atoms with Gasteiger partial charge in [0.05, 0.1) is 0 Å². The summed E-state index contributed by atoms with van der Waals surface area (Å²) < 4.78 is 2.31. The second-order valence-electron chi connectivity index (χ2n) is 4.95. The number of nitrogens with one attached hydrogen (secondary N) is 1. The fourth-order valence-corrected chi connectivity index (χ4v) is 2.40. The molecule has 0 atom stereocenters. The van der Waals surface area contributed by atoms with Crippen LogP contribution in [0.5, 0.6) is 0 Å².